The third-order valence-corrected chi connectivity index (χ3v) is 3.49. The molecule has 5 nitrogen and oxygen atoms in total. The standard InChI is InChI=1S/C13H17N3O2S/c1-3-11(16-19(2,17)18)13-14-9-12(15-13)10-7-5-4-6-8-10/h4-9,11,16H,3H2,1-2H3,(H,14,15)/t11-/m0/s1. The van der Waals surface area contributed by atoms with Crippen molar-refractivity contribution in [3.05, 3.63) is 42.4 Å². The van der Waals surface area contributed by atoms with E-state index in [1.807, 2.05) is 37.3 Å². The highest BCUT2D eigenvalue weighted by Crippen LogP contribution is 2.20. The smallest absolute Gasteiger partial charge is 0.209 e. The summed E-state index contributed by atoms with van der Waals surface area (Å²) in [5.74, 6) is 0.631. The number of aromatic nitrogens is 2. The van der Waals surface area contributed by atoms with Gasteiger partial charge in [0, 0.05) is 0 Å². The van der Waals surface area contributed by atoms with Gasteiger partial charge >= 0.3 is 0 Å². The average Bonchev–Trinajstić information content (AvgIpc) is 2.85. The van der Waals surface area contributed by atoms with Crippen LogP contribution in [0.4, 0.5) is 0 Å². The zero-order chi connectivity index (χ0) is 13.9. The lowest BCUT2D eigenvalue weighted by Gasteiger charge is -2.12. The fourth-order valence-electron chi connectivity index (χ4n) is 1.87. The van der Waals surface area contributed by atoms with Gasteiger partial charge in [0.25, 0.3) is 0 Å². The Bertz CT molecular complexity index is 635. The Labute approximate surface area is 113 Å². The molecule has 0 bridgehead atoms. The molecule has 1 aromatic carbocycles. The van der Waals surface area contributed by atoms with Crippen LogP contribution in [-0.4, -0.2) is 24.6 Å². The Morgan fingerprint density at radius 2 is 2.00 bits per heavy atom. The van der Waals surface area contributed by atoms with Gasteiger partial charge in [0.05, 0.1) is 24.2 Å². The molecule has 1 aromatic heterocycles. The topological polar surface area (TPSA) is 74.8 Å². The maximum atomic E-state index is 11.3. The molecule has 2 N–H and O–H groups in total. The van der Waals surface area contributed by atoms with Gasteiger partial charge < -0.3 is 4.98 Å². The summed E-state index contributed by atoms with van der Waals surface area (Å²) in [5.41, 5.74) is 1.90. The van der Waals surface area contributed by atoms with Crippen molar-refractivity contribution in [2.24, 2.45) is 0 Å². The molecule has 0 saturated carbocycles. The predicted molar refractivity (Wildman–Crippen MR) is 75.0 cm³/mol. The minimum atomic E-state index is -3.25. The summed E-state index contributed by atoms with van der Waals surface area (Å²) in [4.78, 5) is 7.43. The molecule has 0 spiro atoms. The molecule has 0 fully saturated rings. The summed E-state index contributed by atoms with van der Waals surface area (Å²) >= 11 is 0. The van der Waals surface area contributed by atoms with Crippen molar-refractivity contribution in [2.45, 2.75) is 19.4 Å². The van der Waals surface area contributed by atoms with Crippen molar-refractivity contribution in [2.75, 3.05) is 6.26 Å². The van der Waals surface area contributed by atoms with Gasteiger partial charge in [-0.2, -0.15) is 0 Å². The molecular weight excluding hydrogens is 262 g/mol. The second kappa shape index (κ2) is 5.54. The molecule has 2 rings (SSSR count). The van der Waals surface area contributed by atoms with Crippen LogP contribution in [0.2, 0.25) is 0 Å². The van der Waals surface area contributed by atoms with E-state index in [1.54, 1.807) is 6.20 Å². The van der Waals surface area contributed by atoms with Crippen LogP contribution in [0.5, 0.6) is 0 Å². The number of nitrogens with zero attached hydrogens (tertiary/aromatic N) is 1. The van der Waals surface area contributed by atoms with Crippen LogP contribution in [0, 0.1) is 0 Å². The summed E-state index contributed by atoms with van der Waals surface area (Å²) in [6.07, 6.45) is 3.50. The number of rotatable bonds is 5. The van der Waals surface area contributed by atoms with Gasteiger partial charge in [0.2, 0.25) is 10.0 Å². The first kappa shape index (κ1) is 13.8. The van der Waals surface area contributed by atoms with Crippen LogP contribution in [0.1, 0.15) is 25.2 Å². The fraction of sp³-hybridized carbons (Fsp3) is 0.308. The third-order valence-electron chi connectivity index (χ3n) is 2.77. The number of nitrogens with one attached hydrogen (secondary N) is 2. The van der Waals surface area contributed by atoms with Crippen LogP contribution < -0.4 is 4.72 Å². The van der Waals surface area contributed by atoms with Crippen molar-refractivity contribution >= 4 is 10.0 Å². The monoisotopic (exact) mass is 279 g/mol. The number of sulfonamides is 1. The van der Waals surface area contributed by atoms with E-state index in [0.717, 1.165) is 17.5 Å². The number of H-pyrrole nitrogens is 1. The molecule has 0 aliphatic heterocycles. The highest BCUT2D eigenvalue weighted by Gasteiger charge is 2.17. The van der Waals surface area contributed by atoms with Gasteiger partial charge in [0.15, 0.2) is 0 Å². The van der Waals surface area contributed by atoms with Crippen molar-refractivity contribution in [1.29, 1.82) is 0 Å². The van der Waals surface area contributed by atoms with E-state index in [-0.39, 0.29) is 6.04 Å². The molecule has 19 heavy (non-hydrogen) atoms. The summed E-state index contributed by atoms with van der Waals surface area (Å²) < 4.78 is 25.2. The lowest BCUT2D eigenvalue weighted by molar-refractivity contribution is 0.544. The second-order valence-electron chi connectivity index (χ2n) is 4.40. The molecule has 1 heterocycles. The molecule has 0 radical (unpaired) electrons. The quantitative estimate of drug-likeness (QED) is 0.880. The minimum Gasteiger partial charge on any atom is -0.341 e. The molecular formula is C13H17N3O2S. The fourth-order valence-corrected chi connectivity index (χ4v) is 2.66. The lowest BCUT2D eigenvalue weighted by atomic mass is 10.2. The molecule has 0 aliphatic carbocycles. The van der Waals surface area contributed by atoms with Crippen molar-refractivity contribution < 1.29 is 8.42 Å². The molecule has 102 valence electrons. The number of aromatic amines is 1. The molecule has 0 aliphatic rings. The van der Waals surface area contributed by atoms with Gasteiger partial charge in [-0.1, -0.05) is 37.3 Å². The third kappa shape index (κ3) is 3.65. The van der Waals surface area contributed by atoms with Gasteiger partial charge in [-0.25, -0.2) is 18.1 Å². The zero-order valence-corrected chi connectivity index (χ0v) is 11.7. The highest BCUT2D eigenvalue weighted by atomic mass is 32.2. The van der Waals surface area contributed by atoms with Crippen molar-refractivity contribution in [3.8, 4) is 11.3 Å². The highest BCUT2D eigenvalue weighted by molar-refractivity contribution is 7.88. The molecule has 2 aromatic rings. The van der Waals surface area contributed by atoms with E-state index >= 15 is 0 Å². The first-order chi connectivity index (χ1) is 8.99. The summed E-state index contributed by atoms with van der Waals surface area (Å²) in [7, 11) is -3.25. The van der Waals surface area contributed by atoms with Gasteiger partial charge in [-0.05, 0) is 12.0 Å². The lowest BCUT2D eigenvalue weighted by Crippen LogP contribution is -2.27. The van der Waals surface area contributed by atoms with E-state index in [1.165, 1.54) is 0 Å². The van der Waals surface area contributed by atoms with E-state index in [9.17, 15) is 8.42 Å². The SMILES string of the molecule is CC[C@H](NS(C)(=O)=O)c1ncc(-c2ccccc2)[nH]1. The summed E-state index contributed by atoms with van der Waals surface area (Å²) in [5, 5.41) is 0. The summed E-state index contributed by atoms with van der Waals surface area (Å²) in [6, 6.07) is 9.46. The Kier molecular flexibility index (Phi) is 4.01. The molecule has 6 heteroatoms. The minimum absolute atomic E-state index is 0.326. The van der Waals surface area contributed by atoms with Crippen LogP contribution in [-0.2, 0) is 10.0 Å². The van der Waals surface area contributed by atoms with E-state index < -0.39 is 10.0 Å². The van der Waals surface area contributed by atoms with Gasteiger partial charge in [-0.3, -0.25) is 0 Å². The number of benzene rings is 1. The van der Waals surface area contributed by atoms with E-state index in [0.29, 0.717) is 12.2 Å². The van der Waals surface area contributed by atoms with Crippen molar-refractivity contribution in [3.63, 3.8) is 0 Å². The van der Waals surface area contributed by atoms with Crippen LogP contribution in [0.25, 0.3) is 11.3 Å². The maximum Gasteiger partial charge on any atom is 0.209 e. The zero-order valence-electron chi connectivity index (χ0n) is 10.9. The molecule has 1 atom stereocenters. The second-order valence-corrected chi connectivity index (χ2v) is 6.18. The number of hydrogen-bond donors (Lipinski definition) is 2. The largest absolute Gasteiger partial charge is 0.341 e. The molecule has 0 unspecified atom stereocenters. The molecule has 0 saturated heterocycles. The first-order valence-corrected chi connectivity index (χ1v) is 7.96. The van der Waals surface area contributed by atoms with Gasteiger partial charge in [0.1, 0.15) is 5.82 Å². The van der Waals surface area contributed by atoms with Crippen LogP contribution >= 0.6 is 0 Å². The van der Waals surface area contributed by atoms with E-state index in [2.05, 4.69) is 14.7 Å². The Hall–Kier alpha value is -1.66. The first-order valence-electron chi connectivity index (χ1n) is 6.07. The number of imidazole rings is 1. The van der Waals surface area contributed by atoms with E-state index in [4.69, 9.17) is 0 Å². The Balaban J connectivity index is 2.25. The normalized spacial score (nSPS) is 13.4. The van der Waals surface area contributed by atoms with Crippen LogP contribution in [0.3, 0.4) is 0 Å². The number of hydrogen-bond acceptors (Lipinski definition) is 3. The predicted octanol–water partition coefficient (Wildman–Crippen LogP) is 2.08. The van der Waals surface area contributed by atoms with Crippen LogP contribution in [0.15, 0.2) is 36.5 Å². The molecule has 0 amide bonds. The summed E-state index contributed by atoms with van der Waals surface area (Å²) in [6.45, 7) is 1.91. The van der Waals surface area contributed by atoms with Gasteiger partial charge in [-0.15, -0.1) is 0 Å². The Morgan fingerprint density at radius 1 is 1.32 bits per heavy atom. The Morgan fingerprint density at radius 3 is 2.58 bits per heavy atom. The van der Waals surface area contributed by atoms with Crippen molar-refractivity contribution in [1.82, 2.24) is 14.7 Å². The maximum absolute atomic E-state index is 11.3. The average molecular weight is 279 g/mol.